The van der Waals surface area contributed by atoms with E-state index < -0.39 is 10.9 Å². The van der Waals surface area contributed by atoms with Crippen molar-refractivity contribution >= 4 is 51.9 Å². The number of para-hydroxylation sites is 1. The van der Waals surface area contributed by atoms with Gasteiger partial charge in [0.2, 0.25) is 0 Å². The number of aromatic nitrogens is 1. The van der Waals surface area contributed by atoms with Crippen LogP contribution in [-0.2, 0) is 16.1 Å². The molecule has 0 bridgehead atoms. The molecule has 29 heavy (non-hydrogen) atoms. The Labute approximate surface area is 176 Å². The number of carbonyl (C=O) groups excluding carboxylic acids is 1. The van der Waals surface area contributed by atoms with E-state index in [1.807, 2.05) is 10.6 Å². The molecule has 0 aliphatic carbocycles. The Bertz CT molecular complexity index is 1010. The summed E-state index contributed by atoms with van der Waals surface area (Å²) in [5.74, 6) is -1.18. The van der Waals surface area contributed by atoms with Gasteiger partial charge < -0.3 is 9.67 Å². The van der Waals surface area contributed by atoms with Crippen LogP contribution in [0.5, 0.6) is 0 Å². The number of nitro groups is 1. The Morgan fingerprint density at radius 1 is 1.28 bits per heavy atom. The van der Waals surface area contributed by atoms with E-state index >= 15 is 0 Å². The average Bonchev–Trinajstić information content (AvgIpc) is 3.21. The Kier molecular flexibility index (Phi) is 6.45. The molecule has 0 spiro atoms. The minimum absolute atomic E-state index is 0.0329. The highest BCUT2D eigenvalue weighted by molar-refractivity contribution is 8.26. The number of nitro benzene ring substituents is 1. The van der Waals surface area contributed by atoms with E-state index in [9.17, 15) is 19.7 Å². The SMILES string of the molecule is O=C(O)CCCN1C(=O)/C(=C\c2cccn2Cc2ccccc2[N+](=O)[O-])SC1=S. The number of aliphatic carboxylic acids is 1. The quantitative estimate of drug-likeness (QED) is 0.295. The highest BCUT2D eigenvalue weighted by Crippen LogP contribution is 2.33. The first-order chi connectivity index (χ1) is 13.9. The second-order valence-electron chi connectivity index (χ2n) is 6.28. The maximum absolute atomic E-state index is 12.6. The lowest BCUT2D eigenvalue weighted by atomic mass is 10.2. The van der Waals surface area contributed by atoms with Gasteiger partial charge >= 0.3 is 5.97 Å². The highest BCUT2D eigenvalue weighted by Gasteiger charge is 2.31. The predicted octanol–water partition coefficient (Wildman–Crippen LogP) is 3.51. The Morgan fingerprint density at radius 2 is 2.03 bits per heavy atom. The standard InChI is InChI=1S/C19H17N3O5S2/c23-17(24)8-4-10-21-18(25)16(29-19(21)28)11-14-6-3-9-20(14)12-13-5-1-2-7-15(13)22(26)27/h1-3,5-7,9,11H,4,8,10,12H2,(H,23,24)/b16-11+. The monoisotopic (exact) mass is 431 g/mol. The lowest BCUT2D eigenvalue weighted by Crippen LogP contribution is -2.29. The number of thioether (sulfide) groups is 1. The molecule has 150 valence electrons. The fourth-order valence-electron chi connectivity index (χ4n) is 2.92. The van der Waals surface area contributed by atoms with Crippen LogP contribution in [0.4, 0.5) is 5.69 Å². The van der Waals surface area contributed by atoms with Gasteiger partial charge in [0.1, 0.15) is 4.32 Å². The van der Waals surface area contributed by atoms with Gasteiger partial charge in [-0.25, -0.2) is 0 Å². The number of carbonyl (C=O) groups is 2. The molecular formula is C19H17N3O5S2. The van der Waals surface area contributed by atoms with Crippen molar-refractivity contribution in [3.8, 4) is 0 Å². The van der Waals surface area contributed by atoms with Gasteiger partial charge in [-0.1, -0.05) is 42.2 Å². The van der Waals surface area contributed by atoms with Crippen LogP contribution < -0.4 is 0 Å². The largest absolute Gasteiger partial charge is 0.481 e. The van der Waals surface area contributed by atoms with E-state index in [4.69, 9.17) is 17.3 Å². The molecule has 1 aliphatic heterocycles. The molecule has 0 radical (unpaired) electrons. The number of amides is 1. The maximum atomic E-state index is 12.6. The van der Waals surface area contributed by atoms with Crippen molar-refractivity contribution < 1.29 is 19.6 Å². The number of rotatable bonds is 8. The number of benzene rings is 1. The molecule has 3 rings (SSSR count). The van der Waals surface area contributed by atoms with Crippen molar-refractivity contribution in [3.63, 3.8) is 0 Å². The molecule has 2 aromatic rings. The zero-order valence-electron chi connectivity index (χ0n) is 15.2. The first-order valence-corrected chi connectivity index (χ1v) is 9.94. The van der Waals surface area contributed by atoms with Crippen molar-refractivity contribution in [2.24, 2.45) is 0 Å². The minimum atomic E-state index is -0.918. The topological polar surface area (TPSA) is 106 Å². The summed E-state index contributed by atoms with van der Waals surface area (Å²) in [7, 11) is 0. The summed E-state index contributed by atoms with van der Waals surface area (Å²) in [6, 6.07) is 10.1. The first-order valence-electron chi connectivity index (χ1n) is 8.71. The van der Waals surface area contributed by atoms with Gasteiger partial charge in [0.25, 0.3) is 11.6 Å². The van der Waals surface area contributed by atoms with Gasteiger partial charge in [0, 0.05) is 36.5 Å². The Hall–Kier alpha value is -2.98. The molecule has 1 aromatic carbocycles. The molecule has 0 unspecified atom stereocenters. The molecule has 1 fully saturated rings. The lowest BCUT2D eigenvalue weighted by molar-refractivity contribution is -0.385. The summed E-state index contributed by atoms with van der Waals surface area (Å²) in [6.07, 6.45) is 3.78. The summed E-state index contributed by atoms with van der Waals surface area (Å²) in [5.41, 5.74) is 1.32. The van der Waals surface area contributed by atoms with E-state index in [-0.39, 0.29) is 31.1 Å². The highest BCUT2D eigenvalue weighted by atomic mass is 32.2. The zero-order valence-corrected chi connectivity index (χ0v) is 16.8. The van der Waals surface area contributed by atoms with Crippen molar-refractivity contribution in [1.29, 1.82) is 0 Å². The number of nitrogens with zero attached hydrogens (tertiary/aromatic N) is 3. The van der Waals surface area contributed by atoms with Gasteiger partial charge in [0.15, 0.2) is 0 Å². The van der Waals surface area contributed by atoms with Gasteiger partial charge in [-0.2, -0.15) is 0 Å². The second kappa shape index (κ2) is 9.01. The van der Waals surface area contributed by atoms with Crippen molar-refractivity contribution in [1.82, 2.24) is 9.47 Å². The normalized spacial score (nSPS) is 15.3. The summed E-state index contributed by atoms with van der Waals surface area (Å²) in [6.45, 7) is 0.542. The Balaban J connectivity index is 1.78. The summed E-state index contributed by atoms with van der Waals surface area (Å²) in [5, 5.41) is 20.0. The minimum Gasteiger partial charge on any atom is -0.481 e. The predicted molar refractivity (Wildman–Crippen MR) is 113 cm³/mol. The number of carboxylic acid groups (broad SMARTS) is 1. The Morgan fingerprint density at radius 3 is 2.76 bits per heavy atom. The molecule has 1 N–H and O–H groups in total. The average molecular weight is 431 g/mol. The molecule has 1 aliphatic rings. The van der Waals surface area contributed by atoms with Crippen LogP contribution in [0, 0.1) is 10.1 Å². The summed E-state index contributed by atoms with van der Waals surface area (Å²) >= 11 is 6.41. The molecule has 8 nitrogen and oxygen atoms in total. The first kappa shape index (κ1) is 20.7. The van der Waals surface area contributed by atoms with Gasteiger partial charge in [-0.15, -0.1) is 0 Å². The molecule has 1 aromatic heterocycles. The molecule has 1 saturated heterocycles. The van der Waals surface area contributed by atoms with E-state index in [2.05, 4.69) is 0 Å². The van der Waals surface area contributed by atoms with Crippen LogP contribution in [-0.4, -0.2) is 42.2 Å². The molecular weight excluding hydrogens is 414 g/mol. The third kappa shape index (κ3) is 4.90. The van der Waals surface area contributed by atoms with Crippen LogP contribution in [0.1, 0.15) is 24.1 Å². The summed E-state index contributed by atoms with van der Waals surface area (Å²) < 4.78 is 2.21. The maximum Gasteiger partial charge on any atom is 0.303 e. The molecule has 10 heteroatoms. The van der Waals surface area contributed by atoms with Crippen LogP contribution in [0.3, 0.4) is 0 Å². The third-order valence-electron chi connectivity index (χ3n) is 4.32. The lowest BCUT2D eigenvalue weighted by Gasteiger charge is -2.13. The van der Waals surface area contributed by atoms with E-state index in [0.29, 0.717) is 26.9 Å². The zero-order chi connectivity index (χ0) is 21.0. The molecule has 0 atom stereocenters. The van der Waals surface area contributed by atoms with Crippen molar-refractivity contribution in [2.45, 2.75) is 19.4 Å². The van der Waals surface area contributed by atoms with Crippen LogP contribution in [0.15, 0.2) is 47.5 Å². The fraction of sp³-hybridized carbons (Fsp3) is 0.211. The molecule has 1 amide bonds. The van der Waals surface area contributed by atoms with Crippen molar-refractivity contribution in [3.05, 3.63) is 68.9 Å². The number of hydrogen-bond donors (Lipinski definition) is 1. The van der Waals surface area contributed by atoms with Crippen LogP contribution in [0.2, 0.25) is 0 Å². The van der Waals surface area contributed by atoms with Gasteiger partial charge in [0.05, 0.1) is 16.4 Å². The smallest absolute Gasteiger partial charge is 0.303 e. The van der Waals surface area contributed by atoms with E-state index in [0.717, 1.165) is 11.8 Å². The fourth-order valence-corrected chi connectivity index (χ4v) is 4.22. The van der Waals surface area contributed by atoms with Gasteiger partial charge in [-0.3, -0.25) is 24.6 Å². The van der Waals surface area contributed by atoms with E-state index in [1.165, 1.54) is 11.0 Å². The number of hydrogen-bond acceptors (Lipinski definition) is 6. The number of thiocarbonyl (C=S) groups is 1. The summed E-state index contributed by atoms with van der Waals surface area (Å²) in [4.78, 5) is 36.0. The van der Waals surface area contributed by atoms with Crippen LogP contribution in [0.25, 0.3) is 6.08 Å². The third-order valence-corrected chi connectivity index (χ3v) is 5.70. The van der Waals surface area contributed by atoms with E-state index in [1.54, 1.807) is 36.5 Å². The van der Waals surface area contributed by atoms with Crippen LogP contribution >= 0.6 is 24.0 Å². The second-order valence-corrected chi connectivity index (χ2v) is 7.95. The number of carboxylic acids is 1. The van der Waals surface area contributed by atoms with Gasteiger partial charge in [-0.05, 0) is 24.6 Å². The van der Waals surface area contributed by atoms with Crippen molar-refractivity contribution in [2.75, 3.05) is 6.54 Å². The molecule has 2 heterocycles. The molecule has 0 saturated carbocycles.